The molecular weight excluding hydrogens is 228 g/mol. The Morgan fingerprint density at radius 2 is 1.89 bits per heavy atom. The Hall–Kier alpha value is -0.990. The summed E-state index contributed by atoms with van der Waals surface area (Å²) in [7, 11) is 0. The van der Waals surface area contributed by atoms with E-state index in [4.69, 9.17) is 4.74 Å². The van der Waals surface area contributed by atoms with E-state index in [2.05, 4.69) is 0 Å². The van der Waals surface area contributed by atoms with Gasteiger partial charge in [0.15, 0.2) is 0 Å². The molecule has 3 nitrogen and oxygen atoms in total. The molecule has 4 saturated carbocycles. The van der Waals surface area contributed by atoms with Gasteiger partial charge < -0.3 is 9.84 Å². The third-order valence-corrected chi connectivity index (χ3v) is 6.79. The summed E-state index contributed by atoms with van der Waals surface area (Å²) < 4.78 is 5.17. The van der Waals surface area contributed by atoms with Crippen LogP contribution < -0.4 is 0 Å². The Kier molecular flexibility index (Phi) is 1.53. The number of fused-ring (bicyclic) bond motifs is 2. The van der Waals surface area contributed by atoms with Crippen LogP contribution in [0.25, 0.3) is 0 Å². The Bertz CT molecular complexity index is 492. The molecule has 8 atom stereocenters. The van der Waals surface area contributed by atoms with Crippen molar-refractivity contribution < 1.29 is 14.6 Å². The van der Waals surface area contributed by atoms with Crippen molar-refractivity contribution in [1.82, 2.24) is 0 Å². The largest absolute Gasteiger partial charge is 0.511 e. The molecule has 2 bridgehead atoms. The number of aliphatic hydroxyl groups excluding tert-OH is 1. The van der Waals surface area contributed by atoms with E-state index in [9.17, 15) is 9.90 Å². The highest BCUT2D eigenvalue weighted by Crippen LogP contribution is 2.80. The van der Waals surface area contributed by atoms with Gasteiger partial charge in [0.25, 0.3) is 0 Å². The third-order valence-electron chi connectivity index (χ3n) is 6.79. The number of ether oxygens (including phenoxy) is 1. The zero-order valence-corrected chi connectivity index (χ0v) is 10.5. The summed E-state index contributed by atoms with van der Waals surface area (Å²) in [6.07, 6.45) is 2.57. The molecule has 5 rings (SSSR count). The van der Waals surface area contributed by atoms with Gasteiger partial charge in [-0.15, -0.1) is 0 Å². The molecule has 0 spiro atoms. The predicted molar refractivity (Wildman–Crippen MR) is 63.4 cm³/mol. The van der Waals surface area contributed by atoms with Crippen LogP contribution in [0.15, 0.2) is 11.3 Å². The first-order valence-corrected chi connectivity index (χ1v) is 7.34. The molecular formula is C15H18O3. The minimum atomic E-state index is -0.238. The summed E-state index contributed by atoms with van der Waals surface area (Å²) in [5, 5.41) is 10.5. The predicted octanol–water partition coefficient (Wildman–Crippen LogP) is 2.14. The van der Waals surface area contributed by atoms with Crippen LogP contribution in [0.2, 0.25) is 0 Å². The Morgan fingerprint density at radius 1 is 1.17 bits per heavy atom. The highest BCUT2D eigenvalue weighted by molar-refractivity contribution is 5.90. The second kappa shape index (κ2) is 2.78. The average molecular weight is 246 g/mol. The van der Waals surface area contributed by atoms with E-state index < -0.39 is 0 Å². The van der Waals surface area contributed by atoms with Crippen LogP contribution in [0, 0.1) is 47.3 Å². The summed E-state index contributed by atoms with van der Waals surface area (Å²) in [5.41, 5.74) is 0.673. The molecule has 0 aliphatic heterocycles. The minimum absolute atomic E-state index is 0.238. The van der Waals surface area contributed by atoms with Crippen molar-refractivity contribution in [3.05, 3.63) is 11.3 Å². The van der Waals surface area contributed by atoms with E-state index in [0.29, 0.717) is 53.4 Å². The molecule has 0 heterocycles. The van der Waals surface area contributed by atoms with E-state index in [-0.39, 0.29) is 5.97 Å². The monoisotopic (exact) mass is 246 g/mol. The van der Waals surface area contributed by atoms with Crippen LogP contribution in [0.3, 0.4) is 0 Å². The SMILES string of the molecule is CCOC(=O)C1=C(O)C2C3CC4C1C1C2CC3C41. The second-order valence-corrected chi connectivity index (χ2v) is 6.85. The number of esters is 1. The number of carbonyl (C=O) groups is 1. The molecule has 0 aromatic heterocycles. The fraction of sp³-hybridized carbons (Fsp3) is 0.800. The van der Waals surface area contributed by atoms with Gasteiger partial charge >= 0.3 is 5.97 Å². The van der Waals surface area contributed by atoms with Gasteiger partial charge in [0.1, 0.15) is 5.76 Å². The topological polar surface area (TPSA) is 46.5 Å². The molecule has 18 heavy (non-hydrogen) atoms. The average Bonchev–Trinajstić information content (AvgIpc) is 2.82. The van der Waals surface area contributed by atoms with Gasteiger partial charge in [0.2, 0.25) is 0 Å². The molecule has 1 N–H and O–H groups in total. The maximum atomic E-state index is 12.1. The summed E-state index contributed by atoms with van der Waals surface area (Å²) in [5.74, 6) is 5.35. The lowest BCUT2D eigenvalue weighted by Gasteiger charge is -2.54. The summed E-state index contributed by atoms with van der Waals surface area (Å²) in [6.45, 7) is 2.24. The van der Waals surface area contributed by atoms with Crippen molar-refractivity contribution in [3.63, 3.8) is 0 Å². The Morgan fingerprint density at radius 3 is 2.67 bits per heavy atom. The Labute approximate surface area is 106 Å². The van der Waals surface area contributed by atoms with Crippen molar-refractivity contribution in [2.45, 2.75) is 19.8 Å². The van der Waals surface area contributed by atoms with Gasteiger partial charge in [-0.1, -0.05) is 0 Å². The summed E-state index contributed by atoms with van der Waals surface area (Å²) in [6, 6.07) is 0. The molecule has 0 aromatic rings. The minimum Gasteiger partial charge on any atom is -0.511 e. The fourth-order valence-corrected chi connectivity index (χ4v) is 6.67. The lowest BCUT2D eigenvalue weighted by atomic mass is 9.50. The standard InChI is InChI=1S/C15H18O3/c1-2-18-15(17)13-12-7-4-6-5-3-8(10(6)14(13)16)11(12)9(5)7/h5-12,16H,2-4H2,1H3. The van der Waals surface area contributed by atoms with Gasteiger partial charge in [0.05, 0.1) is 12.2 Å². The molecule has 0 amide bonds. The van der Waals surface area contributed by atoms with Crippen LogP contribution in [0.5, 0.6) is 0 Å². The zero-order chi connectivity index (χ0) is 12.2. The van der Waals surface area contributed by atoms with Crippen molar-refractivity contribution in [1.29, 1.82) is 0 Å². The van der Waals surface area contributed by atoms with Crippen molar-refractivity contribution >= 4 is 5.97 Å². The summed E-state index contributed by atoms with van der Waals surface area (Å²) >= 11 is 0. The van der Waals surface area contributed by atoms with E-state index >= 15 is 0 Å². The first kappa shape index (κ1) is 9.88. The fourth-order valence-electron chi connectivity index (χ4n) is 6.67. The molecule has 8 unspecified atom stereocenters. The first-order chi connectivity index (χ1) is 8.74. The zero-order valence-electron chi connectivity index (χ0n) is 10.5. The van der Waals surface area contributed by atoms with Gasteiger partial charge in [-0.05, 0) is 55.3 Å². The molecule has 5 aliphatic rings. The lowest BCUT2D eigenvalue weighted by Crippen LogP contribution is -2.52. The number of hydrogen-bond acceptors (Lipinski definition) is 3. The van der Waals surface area contributed by atoms with E-state index in [1.807, 2.05) is 6.92 Å². The quantitative estimate of drug-likeness (QED) is 0.759. The molecule has 5 aliphatic carbocycles. The normalized spacial score (nSPS) is 57.2. The number of hydrogen-bond donors (Lipinski definition) is 1. The van der Waals surface area contributed by atoms with Gasteiger partial charge in [-0.25, -0.2) is 4.79 Å². The van der Waals surface area contributed by atoms with E-state index in [1.54, 1.807) is 0 Å². The van der Waals surface area contributed by atoms with Crippen LogP contribution in [0.4, 0.5) is 0 Å². The van der Waals surface area contributed by atoms with Gasteiger partial charge in [0, 0.05) is 11.8 Å². The molecule has 0 saturated heterocycles. The number of allylic oxidation sites excluding steroid dienone is 1. The first-order valence-electron chi connectivity index (χ1n) is 7.34. The maximum Gasteiger partial charge on any atom is 0.337 e. The maximum absolute atomic E-state index is 12.1. The van der Waals surface area contributed by atoms with Crippen LogP contribution in [-0.4, -0.2) is 17.7 Å². The Balaban J connectivity index is 1.66. The molecule has 96 valence electrons. The third kappa shape index (κ3) is 0.766. The smallest absolute Gasteiger partial charge is 0.337 e. The molecule has 0 aromatic carbocycles. The van der Waals surface area contributed by atoms with Crippen molar-refractivity contribution in [2.24, 2.45) is 47.3 Å². The highest BCUT2D eigenvalue weighted by Gasteiger charge is 2.77. The van der Waals surface area contributed by atoms with E-state index in [0.717, 1.165) is 11.8 Å². The molecule has 4 fully saturated rings. The van der Waals surface area contributed by atoms with Gasteiger partial charge in [-0.2, -0.15) is 0 Å². The number of aliphatic hydroxyl groups is 1. The number of rotatable bonds is 2. The molecule has 3 heteroatoms. The van der Waals surface area contributed by atoms with Crippen LogP contribution in [0.1, 0.15) is 19.8 Å². The van der Waals surface area contributed by atoms with Crippen molar-refractivity contribution in [3.8, 4) is 0 Å². The highest BCUT2D eigenvalue weighted by atomic mass is 16.5. The molecule has 0 radical (unpaired) electrons. The van der Waals surface area contributed by atoms with Crippen molar-refractivity contribution in [2.75, 3.05) is 6.61 Å². The number of carbonyl (C=O) groups excluding carboxylic acids is 1. The second-order valence-electron chi connectivity index (χ2n) is 6.85. The summed E-state index contributed by atoms with van der Waals surface area (Å²) in [4.78, 5) is 12.1. The van der Waals surface area contributed by atoms with E-state index in [1.165, 1.54) is 12.8 Å². The lowest BCUT2D eigenvalue weighted by molar-refractivity contribution is -0.143. The van der Waals surface area contributed by atoms with Crippen LogP contribution >= 0.6 is 0 Å². The van der Waals surface area contributed by atoms with Crippen LogP contribution in [-0.2, 0) is 9.53 Å². The van der Waals surface area contributed by atoms with Gasteiger partial charge in [-0.3, -0.25) is 0 Å².